The molecule has 22 heavy (non-hydrogen) atoms. The van der Waals surface area contributed by atoms with Crippen molar-refractivity contribution in [1.82, 2.24) is 9.80 Å². The second-order valence-electron chi connectivity index (χ2n) is 5.25. The molecular formula is C16H19BrF2N2O. The highest BCUT2D eigenvalue weighted by molar-refractivity contribution is 9.09. The van der Waals surface area contributed by atoms with Crippen molar-refractivity contribution in [2.75, 3.05) is 38.1 Å². The average molecular weight is 373 g/mol. The molecule has 0 saturated carbocycles. The van der Waals surface area contributed by atoms with Gasteiger partial charge in [0.1, 0.15) is 11.6 Å². The summed E-state index contributed by atoms with van der Waals surface area (Å²) in [5.74, 6) is -1.41. The number of piperazine rings is 1. The first-order valence-corrected chi connectivity index (χ1v) is 8.42. The van der Waals surface area contributed by atoms with Gasteiger partial charge in [-0.2, -0.15) is 0 Å². The van der Waals surface area contributed by atoms with E-state index in [0.29, 0.717) is 18.7 Å². The summed E-state index contributed by atoms with van der Waals surface area (Å²) in [5, 5.41) is 0.985. The molecule has 1 aromatic rings. The maximum Gasteiger partial charge on any atom is 0.246 e. The summed E-state index contributed by atoms with van der Waals surface area (Å²) in [5.41, 5.74) is 0.349. The molecule has 2 rings (SSSR count). The van der Waals surface area contributed by atoms with Crippen LogP contribution in [0.5, 0.6) is 0 Å². The van der Waals surface area contributed by atoms with Gasteiger partial charge < -0.3 is 4.90 Å². The van der Waals surface area contributed by atoms with Crippen LogP contribution < -0.4 is 0 Å². The number of hydrogen-bond donors (Lipinski definition) is 0. The van der Waals surface area contributed by atoms with Crippen LogP contribution in [0.1, 0.15) is 12.0 Å². The summed E-state index contributed by atoms with van der Waals surface area (Å²) in [4.78, 5) is 16.2. The van der Waals surface area contributed by atoms with Gasteiger partial charge in [0.15, 0.2) is 0 Å². The van der Waals surface area contributed by atoms with Crippen LogP contribution in [0.2, 0.25) is 0 Å². The van der Waals surface area contributed by atoms with Crippen LogP contribution in [-0.4, -0.2) is 53.8 Å². The summed E-state index contributed by atoms with van der Waals surface area (Å²) in [7, 11) is 0. The molecule has 120 valence electrons. The molecule has 1 heterocycles. The van der Waals surface area contributed by atoms with Crippen LogP contribution in [0.4, 0.5) is 8.78 Å². The van der Waals surface area contributed by atoms with Crippen LogP contribution in [0.3, 0.4) is 0 Å². The molecule has 1 fully saturated rings. The van der Waals surface area contributed by atoms with E-state index < -0.39 is 11.6 Å². The summed E-state index contributed by atoms with van der Waals surface area (Å²) in [6.45, 7) is 4.12. The van der Waals surface area contributed by atoms with Crippen LogP contribution in [0.15, 0.2) is 24.3 Å². The molecular weight excluding hydrogens is 354 g/mol. The Morgan fingerprint density at radius 1 is 1.14 bits per heavy atom. The zero-order valence-corrected chi connectivity index (χ0v) is 13.9. The largest absolute Gasteiger partial charge is 0.337 e. The third kappa shape index (κ3) is 5.18. The number of carbonyl (C=O) groups excluding carboxylic acids is 1. The monoisotopic (exact) mass is 372 g/mol. The van der Waals surface area contributed by atoms with Gasteiger partial charge in [-0.15, -0.1) is 0 Å². The molecule has 1 saturated heterocycles. The highest BCUT2D eigenvalue weighted by atomic mass is 79.9. The predicted molar refractivity (Wildman–Crippen MR) is 86.8 cm³/mol. The highest BCUT2D eigenvalue weighted by Gasteiger charge is 2.18. The Balaban J connectivity index is 1.86. The molecule has 1 aliphatic rings. The van der Waals surface area contributed by atoms with Gasteiger partial charge in [-0.25, -0.2) is 8.78 Å². The van der Waals surface area contributed by atoms with Crippen molar-refractivity contribution in [2.24, 2.45) is 0 Å². The van der Waals surface area contributed by atoms with E-state index in [-0.39, 0.29) is 5.91 Å². The smallest absolute Gasteiger partial charge is 0.246 e. The molecule has 3 nitrogen and oxygen atoms in total. The molecule has 0 aromatic heterocycles. The lowest BCUT2D eigenvalue weighted by Crippen LogP contribution is -2.48. The molecule has 1 aliphatic heterocycles. The van der Waals surface area contributed by atoms with Gasteiger partial charge in [0, 0.05) is 43.7 Å². The van der Waals surface area contributed by atoms with E-state index in [4.69, 9.17) is 0 Å². The number of benzene rings is 1. The quantitative estimate of drug-likeness (QED) is 0.586. The number of hydrogen-bond acceptors (Lipinski definition) is 2. The third-order valence-corrected chi connectivity index (χ3v) is 4.16. The lowest BCUT2D eigenvalue weighted by atomic mass is 10.2. The fourth-order valence-corrected chi connectivity index (χ4v) is 2.67. The van der Waals surface area contributed by atoms with Crippen molar-refractivity contribution < 1.29 is 13.6 Å². The van der Waals surface area contributed by atoms with E-state index in [2.05, 4.69) is 20.8 Å². The van der Waals surface area contributed by atoms with Crippen LogP contribution in [0, 0.1) is 11.6 Å². The van der Waals surface area contributed by atoms with Crippen LogP contribution in [-0.2, 0) is 4.79 Å². The maximum atomic E-state index is 13.1. The zero-order valence-electron chi connectivity index (χ0n) is 12.3. The first-order chi connectivity index (χ1) is 10.6. The Bertz CT molecular complexity index is 523. The standard InChI is InChI=1S/C16H19BrF2N2O/c17-4-1-5-20-6-8-21(9-7-20)16(22)3-2-13-10-14(18)12-15(19)11-13/h2-3,10-12H,1,4-9H2/b3-2+. The Morgan fingerprint density at radius 3 is 2.36 bits per heavy atom. The number of rotatable bonds is 5. The van der Waals surface area contributed by atoms with Gasteiger partial charge >= 0.3 is 0 Å². The topological polar surface area (TPSA) is 23.6 Å². The number of alkyl halides is 1. The van der Waals surface area contributed by atoms with E-state index in [1.807, 2.05) is 0 Å². The molecule has 0 bridgehead atoms. The van der Waals surface area contributed by atoms with Crippen molar-refractivity contribution in [3.8, 4) is 0 Å². The van der Waals surface area contributed by atoms with Crippen molar-refractivity contribution in [1.29, 1.82) is 0 Å². The van der Waals surface area contributed by atoms with Gasteiger partial charge in [-0.1, -0.05) is 15.9 Å². The van der Waals surface area contributed by atoms with Gasteiger partial charge in [0.05, 0.1) is 0 Å². The Labute approximate surface area is 137 Å². The number of amides is 1. The first kappa shape index (κ1) is 17.1. The molecule has 0 unspecified atom stereocenters. The van der Waals surface area contributed by atoms with Crippen LogP contribution in [0.25, 0.3) is 6.08 Å². The maximum absolute atomic E-state index is 13.1. The summed E-state index contributed by atoms with van der Waals surface area (Å²) in [6.07, 6.45) is 3.92. The van der Waals surface area contributed by atoms with Crippen LogP contribution >= 0.6 is 15.9 Å². The first-order valence-electron chi connectivity index (χ1n) is 7.30. The molecule has 1 amide bonds. The van der Waals surface area contributed by atoms with Crippen molar-refractivity contribution in [3.05, 3.63) is 41.5 Å². The fourth-order valence-electron chi connectivity index (χ4n) is 2.42. The van der Waals surface area contributed by atoms with E-state index in [0.717, 1.165) is 37.5 Å². The lowest BCUT2D eigenvalue weighted by molar-refractivity contribution is -0.127. The Kier molecular flexibility index (Phi) is 6.51. The van der Waals surface area contributed by atoms with Gasteiger partial charge in [0.2, 0.25) is 5.91 Å². The second kappa shape index (κ2) is 8.39. The molecule has 0 N–H and O–H groups in total. The Morgan fingerprint density at radius 2 is 1.77 bits per heavy atom. The predicted octanol–water partition coefficient (Wildman–Crippen LogP) is 2.91. The normalized spacial score (nSPS) is 16.4. The fraction of sp³-hybridized carbons (Fsp3) is 0.438. The minimum absolute atomic E-state index is 0.121. The van der Waals surface area contributed by atoms with E-state index in [1.165, 1.54) is 24.3 Å². The van der Waals surface area contributed by atoms with Crippen molar-refractivity contribution >= 4 is 27.9 Å². The third-order valence-electron chi connectivity index (χ3n) is 3.60. The van der Waals surface area contributed by atoms with Gasteiger partial charge in [-0.3, -0.25) is 9.69 Å². The molecule has 0 radical (unpaired) electrons. The average Bonchev–Trinajstić information content (AvgIpc) is 2.50. The lowest BCUT2D eigenvalue weighted by Gasteiger charge is -2.34. The minimum atomic E-state index is -0.646. The number of carbonyl (C=O) groups is 1. The van der Waals surface area contributed by atoms with E-state index in [1.54, 1.807) is 4.90 Å². The molecule has 0 spiro atoms. The SMILES string of the molecule is O=C(/C=C/c1cc(F)cc(F)c1)N1CCN(CCCBr)CC1. The van der Waals surface area contributed by atoms with Crippen molar-refractivity contribution in [2.45, 2.75) is 6.42 Å². The van der Waals surface area contributed by atoms with E-state index in [9.17, 15) is 13.6 Å². The van der Waals surface area contributed by atoms with E-state index >= 15 is 0 Å². The van der Waals surface area contributed by atoms with Crippen molar-refractivity contribution in [3.63, 3.8) is 0 Å². The van der Waals surface area contributed by atoms with Gasteiger partial charge in [-0.05, 0) is 36.7 Å². The summed E-state index contributed by atoms with van der Waals surface area (Å²) < 4.78 is 26.1. The second-order valence-corrected chi connectivity index (χ2v) is 6.04. The van der Waals surface area contributed by atoms with Gasteiger partial charge in [0.25, 0.3) is 0 Å². The Hall–Kier alpha value is -1.27. The molecule has 6 heteroatoms. The summed E-state index contributed by atoms with van der Waals surface area (Å²) in [6, 6.07) is 3.21. The molecule has 0 aliphatic carbocycles. The molecule has 0 atom stereocenters. The molecule has 1 aromatic carbocycles. The number of nitrogens with zero attached hydrogens (tertiary/aromatic N) is 2. The summed E-state index contributed by atoms with van der Waals surface area (Å²) >= 11 is 3.41. The highest BCUT2D eigenvalue weighted by Crippen LogP contribution is 2.10. The zero-order chi connectivity index (χ0) is 15.9. The minimum Gasteiger partial charge on any atom is -0.337 e. The number of halogens is 3.